The second kappa shape index (κ2) is 6.24. The lowest BCUT2D eigenvalue weighted by Crippen LogP contribution is -2.14. The molecule has 0 atom stereocenters. The monoisotopic (exact) mass is 401 g/mol. The van der Waals surface area contributed by atoms with Gasteiger partial charge in [-0.25, -0.2) is 4.39 Å². The van der Waals surface area contributed by atoms with Gasteiger partial charge in [-0.2, -0.15) is 0 Å². The van der Waals surface area contributed by atoms with Gasteiger partial charge in [0.15, 0.2) is 0 Å². The van der Waals surface area contributed by atoms with Crippen LogP contribution in [0.3, 0.4) is 0 Å². The van der Waals surface area contributed by atoms with Crippen LogP contribution in [-0.2, 0) is 25.7 Å². The standard InChI is InChI=1S/C29H20FN/c30-23-10-8-17-9-11-25-24(26(17)16-23)12-13-31-29(25)22-14-20-6-4-18-2-1-3-19-5-7-21(15-22)28(20)27(18)19/h1-3,8-16H,4-7H2. The lowest BCUT2D eigenvalue weighted by atomic mass is 9.74. The first-order valence-electron chi connectivity index (χ1n) is 11.0. The van der Waals surface area contributed by atoms with E-state index in [0.29, 0.717) is 0 Å². The molecule has 0 fully saturated rings. The summed E-state index contributed by atoms with van der Waals surface area (Å²) in [6.07, 6.45) is 6.22. The Kier molecular flexibility index (Phi) is 3.46. The number of rotatable bonds is 1. The van der Waals surface area contributed by atoms with Crippen LogP contribution in [-0.4, -0.2) is 4.98 Å². The molecule has 0 radical (unpaired) electrons. The van der Waals surface area contributed by atoms with Crippen LogP contribution < -0.4 is 0 Å². The Morgan fingerprint density at radius 2 is 1.29 bits per heavy atom. The summed E-state index contributed by atoms with van der Waals surface area (Å²) in [7, 11) is 0. The van der Waals surface area contributed by atoms with E-state index in [4.69, 9.17) is 4.98 Å². The number of hydrogen-bond acceptors (Lipinski definition) is 1. The van der Waals surface area contributed by atoms with Crippen LogP contribution in [0.5, 0.6) is 0 Å². The highest BCUT2D eigenvalue weighted by Gasteiger charge is 2.26. The van der Waals surface area contributed by atoms with Crippen LogP contribution in [0.15, 0.2) is 72.9 Å². The molecule has 2 aliphatic carbocycles. The molecule has 31 heavy (non-hydrogen) atoms. The Morgan fingerprint density at radius 3 is 2.06 bits per heavy atom. The molecule has 0 spiro atoms. The summed E-state index contributed by atoms with van der Waals surface area (Å²) in [5, 5.41) is 4.14. The van der Waals surface area contributed by atoms with Crippen LogP contribution in [0.2, 0.25) is 0 Å². The predicted octanol–water partition coefficient (Wildman–Crippen LogP) is 7.06. The van der Waals surface area contributed by atoms with Crippen molar-refractivity contribution in [2.75, 3.05) is 0 Å². The van der Waals surface area contributed by atoms with E-state index in [1.165, 1.54) is 45.0 Å². The fourth-order valence-electron chi connectivity index (χ4n) is 5.74. The normalized spacial score (nSPS) is 14.1. The molecule has 0 saturated carbocycles. The molecule has 7 rings (SSSR count). The molecule has 0 bridgehead atoms. The quantitative estimate of drug-likeness (QED) is 0.274. The zero-order valence-corrected chi connectivity index (χ0v) is 17.1. The molecule has 0 unspecified atom stereocenters. The van der Waals surface area contributed by atoms with Gasteiger partial charge < -0.3 is 0 Å². The topological polar surface area (TPSA) is 12.9 Å². The van der Waals surface area contributed by atoms with Crippen LogP contribution in [0.25, 0.3) is 43.9 Å². The van der Waals surface area contributed by atoms with Gasteiger partial charge in [-0.1, -0.05) is 36.4 Å². The largest absolute Gasteiger partial charge is 0.256 e. The molecule has 2 heteroatoms. The Labute approximate surface area is 180 Å². The Balaban J connectivity index is 1.49. The summed E-state index contributed by atoms with van der Waals surface area (Å²) in [5.41, 5.74) is 11.0. The third-order valence-electron chi connectivity index (χ3n) is 7.11. The number of benzene rings is 4. The molecule has 1 aromatic heterocycles. The van der Waals surface area contributed by atoms with Crippen molar-refractivity contribution in [3.63, 3.8) is 0 Å². The number of nitrogens with zero attached hydrogens (tertiary/aromatic N) is 1. The number of halogens is 1. The van der Waals surface area contributed by atoms with Crippen molar-refractivity contribution in [3.05, 3.63) is 101 Å². The molecule has 148 valence electrons. The minimum absolute atomic E-state index is 0.203. The molecule has 0 saturated heterocycles. The molecule has 0 N–H and O–H groups in total. The van der Waals surface area contributed by atoms with E-state index >= 15 is 0 Å². The summed E-state index contributed by atoms with van der Waals surface area (Å²) >= 11 is 0. The van der Waals surface area contributed by atoms with Gasteiger partial charge in [-0.3, -0.25) is 4.98 Å². The predicted molar refractivity (Wildman–Crippen MR) is 125 cm³/mol. The second-order valence-electron chi connectivity index (χ2n) is 8.81. The minimum Gasteiger partial charge on any atom is -0.256 e. The third-order valence-corrected chi connectivity index (χ3v) is 7.11. The van der Waals surface area contributed by atoms with E-state index in [0.717, 1.165) is 52.9 Å². The van der Waals surface area contributed by atoms with Gasteiger partial charge in [0, 0.05) is 17.1 Å². The molecule has 1 heterocycles. The van der Waals surface area contributed by atoms with Gasteiger partial charge in [-0.15, -0.1) is 0 Å². The van der Waals surface area contributed by atoms with E-state index in [-0.39, 0.29) is 5.82 Å². The van der Waals surface area contributed by atoms with Crippen molar-refractivity contribution < 1.29 is 4.39 Å². The molecular weight excluding hydrogens is 381 g/mol. The summed E-state index contributed by atoms with van der Waals surface area (Å²) < 4.78 is 14.0. The minimum atomic E-state index is -0.203. The lowest BCUT2D eigenvalue weighted by Gasteiger charge is -2.30. The van der Waals surface area contributed by atoms with Gasteiger partial charge in [0.05, 0.1) is 5.69 Å². The van der Waals surface area contributed by atoms with Crippen molar-refractivity contribution in [2.45, 2.75) is 25.7 Å². The second-order valence-corrected chi connectivity index (χ2v) is 8.81. The highest BCUT2D eigenvalue weighted by Crippen LogP contribution is 2.44. The van der Waals surface area contributed by atoms with Crippen molar-refractivity contribution in [3.8, 4) is 22.4 Å². The van der Waals surface area contributed by atoms with E-state index < -0.39 is 0 Å². The van der Waals surface area contributed by atoms with E-state index in [2.05, 4.69) is 42.5 Å². The highest BCUT2D eigenvalue weighted by molar-refractivity contribution is 6.11. The summed E-state index contributed by atoms with van der Waals surface area (Å²) in [5.74, 6) is -0.203. The summed E-state index contributed by atoms with van der Waals surface area (Å²) in [6.45, 7) is 0. The van der Waals surface area contributed by atoms with Gasteiger partial charge in [-0.05, 0) is 106 Å². The van der Waals surface area contributed by atoms with Crippen molar-refractivity contribution in [2.24, 2.45) is 0 Å². The molecule has 2 aliphatic rings. The molecule has 4 aromatic carbocycles. The average molecular weight is 401 g/mol. The number of fused-ring (bicyclic) bond motifs is 3. The number of aromatic nitrogens is 1. The van der Waals surface area contributed by atoms with Gasteiger partial charge in [0.2, 0.25) is 0 Å². The molecule has 1 nitrogen and oxygen atoms in total. The molecular formula is C29H20FN. The van der Waals surface area contributed by atoms with E-state index in [9.17, 15) is 4.39 Å². The molecule has 0 amide bonds. The van der Waals surface area contributed by atoms with Crippen LogP contribution in [0, 0.1) is 5.82 Å². The number of hydrogen-bond donors (Lipinski definition) is 0. The van der Waals surface area contributed by atoms with Crippen LogP contribution in [0.1, 0.15) is 22.3 Å². The first-order valence-corrected chi connectivity index (χ1v) is 11.0. The summed E-state index contributed by atoms with van der Waals surface area (Å²) in [6, 6.07) is 22.7. The van der Waals surface area contributed by atoms with Crippen LogP contribution >= 0.6 is 0 Å². The van der Waals surface area contributed by atoms with Crippen molar-refractivity contribution >= 4 is 21.5 Å². The Hall–Kier alpha value is -3.52. The maximum atomic E-state index is 14.0. The fourth-order valence-corrected chi connectivity index (χ4v) is 5.74. The SMILES string of the molecule is Fc1ccc2ccc3c(-c4cc5c6c(c4)CCc4cccc(c4-6)CC5)nccc3c2c1. The Bertz CT molecular complexity index is 1500. The van der Waals surface area contributed by atoms with E-state index in [1.807, 2.05) is 18.3 Å². The third kappa shape index (κ3) is 2.45. The maximum Gasteiger partial charge on any atom is 0.123 e. The smallest absolute Gasteiger partial charge is 0.123 e. The van der Waals surface area contributed by atoms with Gasteiger partial charge >= 0.3 is 0 Å². The number of aryl methyl sites for hydroxylation is 4. The van der Waals surface area contributed by atoms with Gasteiger partial charge in [0.1, 0.15) is 5.82 Å². The maximum absolute atomic E-state index is 14.0. The molecule has 5 aromatic rings. The first-order chi connectivity index (χ1) is 15.3. The van der Waals surface area contributed by atoms with Crippen molar-refractivity contribution in [1.82, 2.24) is 4.98 Å². The van der Waals surface area contributed by atoms with Crippen molar-refractivity contribution in [1.29, 1.82) is 0 Å². The zero-order valence-electron chi connectivity index (χ0n) is 17.1. The summed E-state index contributed by atoms with van der Waals surface area (Å²) in [4.78, 5) is 4.80. The van der Waals surface area contributed by atoms with E-state index in [1.54, 1.807) is 6.07 Å². The molecule has 0 aliphatic heterocycles. The first kappa shape index (κ1) is 17.2. The van der Waals surface area contributed by atoms with Crippen LogP contribution in [0.4, 0.5) is 4.39 Å². The highest BCUT2D eigenvalue weighted by atomic mass is 19.1. The lowest BCUT2D eigenvalue weighted by molar-refractivity contribution is 0.630. The Morgan fingerprint density at radius 1 is 0.613 bits per heavy atom. The fraction of sp³-hybridized carbons (Fsp3) is 0.138. The average Bonchev–Trinajstić information content (AvgIpc) is 2.82. The number of pyridine rings is 1. The zero-order chi connectivity index (χ0) is 20.5. The van der Waals surface area contributed by atoms with Gasteiger partial charge in [0.25, 0.3) is 0 Å².